The van der Waals surface area contributed by atoms with E-state index < -0.39 is 0 Å². The van der Waals surface area contributed by atoms with E-state index in [1.165, 1.54) is 0 Å². The van der Waals surface area contributed by atoms with Crippen LogP contribution in [0.5, 0.6) is 0 Å². The van der Waals surface area contributed by atoms with Crippen molar-refractivity contribution in [1.29, 1.82) is 0 Å². The molecule has 0 radical (unpaired) electrons. The van der Waals surface area contributed by atoms with E-state index in [9.17, 15) is 4.79 Å². The van der Waals surface area contributed by atoms with Gasteiger partial charge in [0.05, 0.1) is 0 Å². The first-order chi connectivity index (χ1) is 8.96. The second-order valence-corrected chi connectivity index (χ2v) is 4.95. The van der Waals surface area contributed by atoms with E-state index in [0.717, 1.165) is 18.5 Å². The Kier molecular flexibility index (Phi) is 5.73. The number of aryl methyl sites for hydroxylation is 1. The second kappa shape index (κ2) is 7.07. The van der Waals surface area contributed by atoms with Crippen molar-refractivity contribution < 1.29 is 4.79 Å². The van der Waals surface area contributed by atoms with Crippen LogP contribution >= 0.6 is 0 Å². The van der Waals surface area contributed by atoms with Crippen molar-refractivity contribution in [3.63, 3.8) is 0 Å². The number of nitrogens with zero attached hydrogens (tertiary/aromatic N) is 2. The number of aromatic nitrogens is 2. The van der Waals surface area contributed by atoms with Gasteiger partial charge in [0.2, 0.25) is 5.95 Å². The molecule has 1 aromatic rings. The zero-order chi connectivity index (χ0) is 14.4. The Hall–Kier alpha value is -1.65. The molecule has 1 aromatic heterocycles. The van der Waals surface area contributed by atoms with Crippen molar-refractivity contribution in [3.8, 4) is 0 Å². The third kappa shape index (κ3) is 4.85. The van der Waals surface area contributed by atoms with Crippen molar-refractivity contribution in [2.45, 2.75) is 59.5 Å². The molecule has 0 aliphatic rings. The summed E-state index contributed by atoms with van der Waals surface area (Å²) in [6.45, 7) is 10.0. The molecule has 19 heavy (non-hydrogen) atoms. The highest BCUT2D eigenvalue weighted by Crippen LogP contribution is 2.08. The average Bonchev–Trinajstić information content (AvgIpc) is 2.37. The summed E-state index contributed by atoms with van der Waals surface area (Å²) in [5, 5.41) is 6.10. The third-order valence-corrected chi connectivity index (χ3v) is 3.06. The molecule has 0 spiro atoms. The number of hydrogen-bond donors (Lipinski definition) is 2. The molecule has 0 saturated heterocycles. The molecule has 0 bridgehead atoms. The molecule has 2 atom stereocenters. The first-order valence-electron chi connectivity index (χ1n) is 6.89. The Labute approximate surface area is 115 Å². The molecule has 0 aromatic carbocycles. The molecule has 2 unspecified atom stereocenters. The SMILES string of the molecule is CCC(C)NC(=O)c1cc(C)nc(NC(C)CC)n1. The van der Waals surface area contributed by atoms with Crippen LogP contribution in [-0.4, -0.2) is 28.0 Å². The highest BCUT2D eigenvalue weighted by molar-refractivity contribution is 5.92. The number of hydrogen-bond acceptors (Lipinski definition) is 4. The van der Waals surface area contributed by atoms with Crippen molar-refractivity contribution in [3.05, 3.63) is 17.5 Å². The van der Waals surface area contributed by atoms with Crippen LogP contribution in [0.2, 0.25) is 0 Å². The van der Waals surface area contributed by atoms with Gasteiger partial charge in [0.25, 0.3) is 5.91 Å². The number of rotatable bonds is 6. The zero-order valence-corrected chi connectivity index (χ0v) is 12.4. The van der Waals surface area contributed by atoms with Crippen LogP contribution in [0.15, 0.2) is 6.07 Å². The van der Waals surface area contributed by atoms with Crippen molar-refractivity contribution >= 4 is 11.9 Å². The lowest BCUT2D eigenvalue weighted by Crippen LogP contribution is -2.33. The van der Waals surface area contributed by atoms with Crippen LogP contribution in [0.25, 0.3) is 0 Å². The van der Waals surface area contributed by atoms with Crippen LogP contribution in [0.1, 0.15) is 56.7 Å². The van der Waals surface area contributed by atoms with E-state index in [-0.39, 0.29) is 18.0 Å². The van der Waals surface area contributed by atoms with Gasteiger partial charge in [-0.15, -0.1) is 0 Å². The quantitative estimate of drug-likeness (QED) is 0.828. The highest BCUT2D eigenvalue weighted by Gasteiger charge is 2.13. The van der Waals surface area contributed by atoms with E-state index >= 15 is 0 Å². The summed E-state index contributed by atoms with van der Waals surface area (Å²) in [6.07, 6.45) is 1.87. The molecule has 1 amide bonds. The molecule has 0 aliphatic heterocycles. The number of carbonyl (C=O) groups is 1. The lowest BCUT2D eigenvalue weighted by Gasteiger charge is -2.14. The minimum Gasteiger partial charge on any atom is -0.352 e. The second-order valence-electron chi connectivity index (χ2n) is 4.95. The molecule has 2 N–H and O–H groups in total. The predicted octanol–water partition coefficient (Wildman–Crippen LogP) is 2.52. The Morgan fingerprint density at radius 1 is 1.21 bits per heavy atom. The topological polar surface area (TPSA) is 66.9 Å². The maximum Gasteiger partial charge on any atom is 0.270 e. The van der Waals surface area contributed by atoms with Gasteiger partial charge in [-0.25, -0.2) is 9.97 Å². The van der Waals surface area contributed by atoms with Crippen LogP contribution in [0, 0.1) is 6.92 Å². The first kappa shape index (κ1) is 15.4. The van der Waals surface area contributed by atoms with E-state index in [1.807, 2.05) is 20.8 Å². The number of nitrogens with one attached hydrogen (secondary N) is 2. The molecule has 106 valence electrons. The van der Waals surface area contributed by atoms with Crippen LogP contribution in [0.4, 0.5) is 5.95 Å². The standard InChI is InChI=1S/C14H24N4O/c1-6-9(3)15-13(19)12-8-11(5)17-14(18-12)16-10(4)7-2/h8-10H,6-7H2,1-5H3,(H,15,19)(H,16,17,18). The summed E-state index contributed by atoms with van der Waals surface area (Å²) in [6, 6.07) is 2.14. The van der Waals surface area contributed by atoms with Gasteiger partial charge in [-0.05, 0) is 39.7 Å². The number of anilines is 1. The van der Waals surface area contributed by atoms with E-state index in [4.69, 9.17) is 0 Å². The smallest absolute Gasteiger partial charge is 0.270 e. The summed E-state index contributed by atoms with van der Waals surface area (Å²) >= 11 is 0. The van der Waals surface area contributed by atoms with Gasteiger partial charge < -0.3 is 10.6 Å². The average molecular weight is 264 g/mol. The molecular formula is C14H24N4O. The van der Waals surface area contributed by atoms with Gasteiger partial charge in [-0.2, -0.15) is 0 Å². The Morgan fingerprint density at radius 2 is 1.84 bits per heavy atom. The van der Waals surface area contributed by atoms with E-state index in [1.54, 1.807) is 6.07 Å². The molecule has 5 heteroatoms. The fourth-order valence-corrected chi connectivity index (χ4v) is 1.47. The van der Waals surface area contributed by atoms with Crippen LogP contribution in [-0.2, 0) is 0 Å². The Balaban J connectivity index is 2.86. The largest absolute Gasteiger partial charge is 0.352 e. The predicted molar refractivity (Wildman–Crippen MR) is 77.4 cm³/mol. The fraction of sp³-hybridized carbons (Fsp3) is 0.643. The van der Waals surface area contributed by atoms with Crippen LogP contribution in [0.3, 0.4) is 0 Å². The normalized spacial score (nSPS) is 13.7. The summed E-state index contributed by atoms with van der Waals surface area (Å²) in [4.78, 5) is 20.6. The maximum atomic E-state index is 12.0. The summed E-state index contributed by atoms with van der Waals surface area (Å²) in [5.41, 5.74) is 1.20. The van der Waals surface area contributed by atoms with Gasteiger partial charge in [0.1, 0.15) is 5.69 Å². The Bertz CT molecular complexity index is 433. The van der Waals surface area contributed by atoms with Gasteiger partial charge in [-0.3, -0.25) is 4.79 Å². The summed E-state index contributed by atoms with van der Waals surface area (Å²) in [7, 11) is 0. The molecule has 0 fully saturated rings. The summed E-state index contributed by atoms with van der Waals surface area (Å²) < 4.78 is 0. The summed E-state index contributed by atoms with van der Waals surface area (Å²) in [5.74, 6) is 0.371. The molecule has 1 heterocycles. The third-order valence-electron chi connectivity index (χ3n) is 3.06. The maximum absolute atomic E-state index is 12.0. The lowest BCUT2D eigenvalue weighted by molar-refractivity contribution is 0.0934. The molecule has 1 rings (SSSR count). The first-order valence-corrected chi connectivity index (χ1v) is 6.89. The van der Waals surface area contributed by atoms with Crippen molar-refractivity contribution in [2.75, 3.05) is 5.32 Å². The monoisotopic (exact) mass is 264 g/mol. The molecule has 0 aliphatic carbocycles. The number of carbonyl (C=O) groups excluding carboxylic acids is 1. The number of amides is 1. The fourth-order valence-electron chi connectivity index (χ4n) is 1.47. The minimum atomic E-state index is -0.146. The van der Waals surface area contributed by atoms with E-state index in [0.29, 0.717) is 11.6 Å². The zero-order valence-electron chi connectivity index (χ0n) is 12.4. The lowest BCUT2D eigenvalue weighted by atomic mass is 10.2. The minimum absolute atomic E-state index is 0.146. The van der Waals surface area contributed by atoms with Crippen LogP contribution < -0.4 is 10.6 Å². The molecule has 5 nitrogen and oxygen atoms in total. The van der Waals surface area contributed by atoms with Crippen molar-refractivity contribution in [2.24, 2.45) is 0 Å². The van der Waals surface area contributed by atoms with Gasteiger partial charge in [0.15, 0.2) is 0 Å². The highest BCUT2D eigenvalue weighted by atomic mass is 16.1. The van der Waals surface area contributed by atoms with Gasteiger partial charge in [-0.1, -0.05) is 13.8 Å². The van der Waals surface area contributed by atoms with E-state index in [2.05, 4.69) is 34.4 Å². The van der Waals surface area contributed by atoms with Gasteiger partial charge >= 0.3 is 0 Å². The molecular weight excluding hydrogens is 240 g/mol. The van der Waals surface area contributed by atoms with Gasteiger partial charge in [0, 0.05) is 17.8 Å². The van der Waals surface area contributed by atoms with Crippen molar-refractivity contribution in [1.82, 2.24) is 15.3 Å². The molecule has 0 saturated carbocycles. The Morgan fingerprint density at radius 3 is 2.42 bits per heavy atom.